The van der Waals surface area contributed by atoms with E-state index in [0.29, 0.717) is 0 Å². The largest absolute Gasteiger partial charge is 0.257 e. The summed E-state index contributed by atoms with van der Waals surface area (Å²) < 4.78 is 3.04. The van der Waals surface area contributed by atoms with Crippen LogP contribution in [0.25, 0.3) is 0 Å². The normalized spacial score (nSPS) is 10.1. The van der Waals surface area contributed by atoms with Gasteiger partial charge in [0, 0.05) is 34.4 Å². The van der Waals surface area contributed by atoms with E-state index in [1.807, 2.05) is 19.1 Å². The fourth-order valence-electron chi connectivity index (χ4n) is 0.823. The van der Waals surface area contributed by atoms with Gasteiger partial charge < -0.3 is 0 Å². The third-order valence-electron chi connectivity index (χ3n) is 1.51. The molecule has 1 aromatic rings. The second-order valence-electron chi connectivity index (χ2n) is 2.39. The zero-order valence-corrected chi connectivity index (χ0v) is 9.11. The zero-order valence-electron chi connectivity index (χ0n) is 6.20. The standard InChI is InChI=1S/C8H9ClIN/c1-6-2-3-7(5-11-10)4-8(6)9/h2-4,11H,5H2,1H3. The predicted octanol–water partition coefficient (Wildman–Crippen LogP) is 3.09. The monoisotopic (exact) mass is 281 g/mol. The third-order valence-corrected chi connectivity index (χ3v) is 2.30. The van der Waals surface area contributed by atoms with Gasteiger partial charge in [0.05, 0.1) is 0 Å². The number of benzene rings is 1. The summed E-state index contributed by atoms with van der Waals surface area (Å²) in [6, 6.07) is 6.10. The fourth-order valence-corrected chi connectivity index (χ4v) is 1.47. The van der Waals surface area contributed by atoms with Crippen LogP contribution in [0.15, 0.2) is 18.2 Å². The molecule has 1 aromatic carbocycles. The number of hydrogen-bond donors (Lipinski definition) is 1. The van der Waals surface area contributed by atoms with Gasteiger partial charge in [0.2, 0.25) is 0 Å². The van der Waals surface area contributed by atoms with Gasteiger partial charge in [-0.3, -0.25) is 3.53 Å². The van der Waals surface area contributed by atoms with Gasteiger partial charge in [0.1, 0.15) is 0 Å². The van der Waals surface area contributed by atoms with E-state index in [4.69, 9.17) is 11.6 Å². The molecule has 1 nitrogen and oxygen atoms in total. The van der Waals surface area contributed by atoms with Crippen molar-refractivity contribution in [3.8, 4) is 0 Å². The van der Waals surface area contributed by atoms with E-state index in [-0.39, 0.29) is 0 Å². The quantitative estimate of drug-likeness (QED) is 0.649. The average molecular weight is 282 g/mol. The van der Waals surface area contributed by atoms with E-state index in [2.05, 4.69) is 32.5 Å². The summed E-state index contributed by atoms with van der Waals surface area (Å²) in [6.45, 7) is 2.87. The minimum absolute atomic E-state index is 0.842. The first-order valence-corrected chi connectivity index (χ1v) is 4.78. The molecule has 0 fully saturated rings. The van der Waals surface area contributed by atoms with Gasteiger partial charge >= 0.3 is 0 Å². The van der Waals surface area contributed by atoms with Gasteiger partial charge in [-0.1, -0.05) is 23.7 Å². The second kappa shape index (κ2) is 4.28. The van der Waals surface area contributed by atoms with Crippen molar-refractivity contribution in [3.05, 3.63) is 34.3 Å². The molecule has 0 saturated heterocycles. The van der Waals surface area contributed by atoms with E-state index in [1.54, 1.807) is 0 Å². The highest BCUT2D eigenvalue weighted by atomic mass is 127. The Morgan fingerprint density at radius 2 is 2.27 bits per heavy atom. The van der Waals surface area contributed by atoms with Crippen LogP contribution in [0.1, 0.15) is 11.1 Å². The molecule has 0 bridgehead atoms. The van der Waals surface area contributed by atoms with Gasteiger partial charge in [-0.05, 0) is 24.1 Å². The molecule has 0 heterocycles. The van der Waals surface area contributed by atoms with Crippen molar-refractivity contribution in [2.75, 3.05) is 0 Å². The van der Waals surface area contributed by atoms with Gasteiger partial charge in [0.15, 0.2) is 0 Å². The molecule has 0 radical (unpaired) electrons. The lowest BCUT2D eigenvalue weighted by Gasteiger charge is -2.01. The summed E-state index contributed by atoms with van der Waals surface area (Å²) in [5.41, 5.74) is 2.35. The molecule has 60 valence electrons. The van der Waals surface area contributed by atoms with Crippen LogP contribution in [0.3, 0.4) is 0 Å². The van der Waals surface area contributed by atoms with Crippen molar-refractivity contribution in [2.24, 2.45) is 0 Å². The maximum Gasteiger partial charge on any atom is 0.0438 e. The lowest BCUT2D eigenvalue weighted by Crippen LogP contribution is -1.96. The number of halogens is 2. The maximum atomic E-state index is 5.92. The Hall–Kier alpha value is 0.200. The number of hydrogen-bond acceptors (Lipinski definition) is 1. The summed E-state index contributed by atoms with van der Waals surface area (Å²) in [7, 11) is 0. The van der Waals surface area contributed by atoms with Crippen LogP contribution in [0, 0.1) is 6.92 Å². The first-order valence-electron chi connectivity index (χ1n) is 3.32. The molecule has 0 spiro atoms. The molecule has 1 N–H and O–H groups in total. The van der Waals surface area contributed by atoms with Crippen molar-refractivity contribution in [1.82, 2.24) is 3.53 Å². The summed E-state index contributed by atoms with van der Waals surface area (Å²) >= 11 is 8.04. The predicted molar refractivity (Wildman–Crippen MR) is 57.0 cm³/mol. The Bertz CT molecular complexity index is 250. The highest BCUT2D eigenvalue weighted by molar-refractivity contribution is 14.1. The lowest BCUT2D eigenvalue weighted by molar-refractivity contribution is 1.01. The van der Waals surface area contributed by atoms with Crippen molar-refractivity contribution < 1.29 is 0 Å². The smallest absolute Gasteiger partial charge is 0.0438 e. The SMILES string of the molecule is Cc1ccc(CNI)cc1Cl. The zero-order chi connectivity index (χ0) is 8.27. The van der Waals surface area contributed by atoms with Crippen molar-refractivity contribution >= 4 is 34.5 Å². The van der Waals surface area contributed by atoms with Crippen LogP contribution in [-0.4, -0.2) is 0 Å². The van der Waals surface area contributed by atoms with Gasteiger partial charge in [0.25, 0.3) is 0 Å². The van der Waals surface area contributed by atoms with E-state index in [1.165, 1.54) is 5.56 Å². The van der Waals surface area contributed by atoms with E-state index < -0.39 is 0 Å². The Balaban J connectivity index is 2.86. The summed E-state index contributed by atoms with van der Waals surface area (Å²) in [5, 5.41) is 0.842. The highest BCUT2D eigenvalue weighted by Crippen LogP contribution is 2.16. The number of nitrogens with one attached hydrogen (secondary N) is 1. The molecule has 0 atom stereocenters. The molecule has 11 heavy (non-hydrogen) atoms. The third kappa shape index (κ3) is 2.61. The summed E-state index contributed by atoms with van der Waals surface area (Å²) in [6.07, 6.45) is 0. The van der Waals surface area contributed by atoms with Gasteiger partial charge in [-0.2, -0.15) is 0 Å². The van der Waals surface area contributed by atoms with Crippen LogP contribution < -0.4 is 3.53 Å². The van der Waals surface area contributed by atoms with Crippen molar-refractivity contribution in [1.29, 1.82) is 0 Å². The molecule has 0 unspecified atom stereocenters. The summed E-state index contributed by atoms with van der Waals surface area (Å²) in [4.78, 5) is 0. The van der Waals surface area contributed by atoms with Crippen LogP contribution in [0.5, 0.6) is 0 Å². The molecule has 0 aliphatic carbocycles. The highest BCUT2D eigenvalue weighted by Gasteiger charge is 1.95. The second-order valence-corrected chi connectivity index (χ2v) is 3.56. The molecule has 0 saturated carbocycles. The van der Waals surface area contributed by atoms with E-state index in [0.717, 1.165) is 17.1 Å². The molecule has 3 heteroatoms. The Labute approximate surface area is 85.6 Å². The van der Waals surface area contributed by atoms with Crippen LogP contribution >= 0.6 is 34.5 Å². The Morgan fingerprint density at radius 3 is 2.82 bits per heavy atom. The molecule has 0 aliphatic heterocycles. The average Bonchev–Trinajstić information content (AvgIpc) is 1.98. The van der Waals surface area contributed by atoms with Crippen LogP contribution in [-0.2, 0) is 6.54 Å². The first kappa shape index (κ1) is 9.29. The van der Waals surface area contributed by atoms with E-state index in [9.17, 15) is 0 Å². The van der Waals surface area contributed by atoms with Crippen molar-refractivity contribution in [3.63, 3.8) is 0 Å². The Morgan fingerprint density at radius 1 is 1.55 bits per heavy atom. The van der Waals surface area contributed by atoms with Crippen LogP contribution in [0.2, 0.25) is 5.02 Å². The maximum absolute atomic E-state index is 5.92. The van der Waals surface area contributed by atoms with Crippen molar-refractivity contribution in [2.45, 2.75) is 13.5 Å². The molecular weight excluding hydrogens is 272 g/mol. The molecular formula is C8H9ClIN. The molecule has 0 amide bonds. The van der Waals surface area contributed by atoms with Crippen LogP contribution in [0.4, 0.5) is 0 Å². The number of rotatable bonds is 2. The minimum atomic E-state index is 0.842. The first-order chi connectivity index (χ1) is 5.24. The topological polar surface area (TPSA) is 12.0 Å². The van der Waals surface area contributed by atoms with E-state index >= 15 is 0 Å². The minimum Gasteiger partial charge on any atom is -0.257 e. The summed E-state index contributed by atoms with van der Waals surface area (Å²) in [5.74, 6) is 0. The molecule has 0 aliphatic rings. The van der Waals surface area contributed by atoms with Gasteiger partial charge in [-0.25, -0.2) is 0 Å². The van der Waals surface area contributed by atoms with Gasteiger partial charge in [-0.15, -0.1) is 0 Å². The lowest BCUT2D eigenvalue weighted by atomic mass is 10.1. The molecule has 1 rings (SSSR count). The fraction of sp³-hybridized carbons (Fsp3) is 0.250. The Kier molecular flexibility index (Phi) is 3.62. The molecule has 0 aromatic heterocycles. The number of aryl methyl sites for hydroxylation is 1.